The number of carbonyl (C=O) groups excluding carboxylic acids is 1. The highest BCUT2D eigenvalue weighted by Crippen LogP contribution is 2.16. The summed E-state index contributed by atoms with van der Waals surface area (Å²) in [5.41, 5.74) is 2.77. The Labute approximate surface area is 109 Å². The minimum Gasteiger partial charge on any atom is -0.349 e. The van der Waals surface area contributed by atoms with E-state index in [-0.39, 0.29) is 17.2 Å². The lowest BCUT2D eigenvalue weighted by Gasteiger charge is -2.05. The average molecular weight is 264 g/mol. The highest BCUT2D eigenvalue weighted by Gasteiger charge is 2.15. The maximum absolute atomic E-state index is 12.2. The maximum atomic E-state index is 12.2. The number of thiazole rings is 1. The molecule has 0 spiro atoms. The Morgan fingerprint density at radius 3 is 2.61 bits per heavy atom. The van der Waals surface area contributed by atoms with E-state index in [2.05, 4.69) is 11.5 Å². The van der Waals surface area contributed by atoms with Crippen LogP contribution in [-0.2, 0) is 13.1 Å². The van der Waals surface area contributed by atoms with Crippen LogP contribution in [0, 0.1) is 13.8 Å². The third-order valence-electron chi connectivity index (χ3n) is 3.15. The van der Waals surface area contributed by atoms with Crippen LogP contribution in [-0.4, -0.2) is 14.9 Å². The van der Waals surface area contributed by atoms with Gasteiger partial charge in [-0.05, 0) is 26.8 Å². The molecule has 5 heteroatoms. The molecule has 0 saturated carbocycles. The number of ketones is 1. The topological polar surface area (TPSA) is 44.0 Å². The minimum absolute atomic E-state index is 0.0108. The standard InChI is InChI=1S/C13H16N2O2S/c1-4-15-9(2)7-11(10(15)3)12(16)8-14-5-6-18-13(14)17/h5-7H,4,8H2,1-3H3. The first-order valence-corrected chi connectivity index (χ1v) is 6.76. The van der Waals surface area contributed by atoms with Gasteiger partial charge in [-0.25, -0.2) is 0 Å². The molecule has 0 N–H and O–H groups in total. The van der Waals surface area contributed by atoms with Gasteiger partial charge in [0, 0.05) is 35.1 Å². The van der Waals surface area contributed by atoms with Crippen molar-refractivity contribution in [3.8, 4) is 0 Å². The summed E-state index contributed by atoms with van der Waals surface area (Å²) in [5, 5.41) is 1.70. The molecule has 0 atom stereocenters. The number of hydrogen-bond donors (Lipinski definition) is 0. The summed E-state index contributed by atoms with van der Waals surface area (Å²) in [6.07, 6.45) is 1.66. The van der Waals surface area contributed by atoms with Gasteiger partial charge < -0.3 is 4.57 Å². The quantitative estimate of drug-likeness (QED) is 0.795. The molecule has 96 valence electrons. The zero-order chi connectivity index (χ0) is 13.3. The molecule has 0 fully saturated rings. The second-order valence-electron chi connectivity index (χ2n) is 4.25. The van der Waals surface area contributed by atoms with Crippen LogP contribution >= 0.6 is 11.3 Å². The number of aryl methyl sites for hydroxylation is 1. The molecule has 0 bridgehead atoms. The van der Waals surface area contributed by atoms with Crippen LogP contribution in [0.15, 0.2) is 22.4 Å². The van der Waals surface area contributed by atoms with Crippen molar-refractivity contribution in [1.82, 2.24) is 9.13 Å². The van der Waals surface area contributed by atoms with Gasteiger partial charge in [0.1, 0.15) is 0 Å². The number of Topliss-reactive ketones (excluding diaryl/α,β-unsaturated/α-hetero) is 1. The van der Waals surface area contributed by atoms with Gasteiger partial charge in [-0.15, -0.1) is 0 Å². The average Bonchev–Trinajstić information content (AvgIpc) is 2.84. The van der Waals surface area contributed by atoms with Crippen LogP contribution in [0.1, 0.15) is 28.7 Å². The highest BCUT2D eigenvalue weighted by molar-refractivity contribution is 7.07. The van der Waals surface area contributed by atoms with Crippen molar-refractivity contribution in [3.63, 3.8) is 0 Å². The highest BCUT2D eigenvalue weighted by atomic mass is 32.1. The fourth-order valence-electron chi connectivity index (χ4n) is 2.22. The first kappa shape index (κ1) is 12.8. The summed E-state index contributed by atoms with van der Waals surface area (Å²) >= 11 is 1.11. The van der Waals surface area contributed by atoms with E-state index in [0.29, 0.717) is 5.56 Å². The van der Waals surface area contributed by atoms with Crippen molar-refractivity contribution >= 4 is 17.1 Å². The van der Waals surface area contributed by atoms with E-state index in [1.807, 2.05) is 19.9 Å². The number of aromatic nitrogens is 2. The van der Waals surface area contributed by atoms with Crippen LogP contribution in [0.2, 0.25) is 0 Å². The Kier molecular flexibility index (Phi) is 3.52. The molecule has 0 aliphatic carbocycles. The second-order valence-corrected chi connectivity index (χ2v) is 5.11. The van der Waals surface area contributed by atoms with E-state index in [0.717, 1.165) is 29.3 Å². The normalized spacial score (nSPS) is 10.8. The number of hydrogen-bond acceptors (Lipinski definition) is 3. The van der Waals surface area contributed by atoms with Gasteiger partial charge >= 0.3 is 4.87 Å². The molecular formula is C13H16N2O2S. The smallest absolute Gasteiger partial charge is 0.307 e. The molecule has 0 aromatic carbocycles. The first-order chi connectivity index (χ1) is 8.54. The van der Waals surface area contributed by atoms with Crippen LogP contribution in [0.25, 0.3) is 0 Å². The Hall–Kier alpha value is -1.62. The monoisotopic (exact) mass is 264 g/mol. The zero-order valence-electron chi connectivity index (χ0n) is 10.8. The Bertz CT molecular complexity index is 634. The molecule has 2 aromatic heterocycles. The second kappa shape index (κ2) is 4.94. The van der Waals surface area contributed by atoms with E-state index in [9.17, 15) is 9.59 Å². The maximum Gasteiger partial charge on any atom is 0.307 e. The number of carbonyl (C=O) groups is 1. The van der Waals surface area contributed by atoms with E-state index < -0.39 is 0 Å². The van der Waals surface area contributed by atoms with Gasteiger partial charge in [0.05, 0.1) is 6.54 Å². The molecule has 0 aliphatic heterocycles. The molecule has 0 amide bonds. The van der Waals surface area contributed by atoms with Crippen molar-refractivity contribution < 1.29 is 4.79 Å². The zero-order valence-corrected chi connectivity index (χ0v) is 11.6. The molecule has 0 unspecified atom stereocenters. The van der Waals surface area contributed by atoms with E-state index in [1.54, 1.807) is 11.6 Å². The number of rotatable bonds is 4. The van der Waals surface area contributed by atoms with Gasteiger partial charge in [0.2, 0.25) is 0 Å². The van der Waals surface area contributed by atoms with Crippen molar-refractivity contribution in [3.05, 3.63) is 44.3 Å². The van der Waals surface area contributed by atoms with Crippen molar-refractivity contribution in [2.45, 2.75) is 33.9 Å². The van der Waals surface area contributed by atoms with Gasteiger partial charge in [0.15, 0.2) is 5.78 Å². The molecule has 2 heterocycles. The molecule has 18 heavy (non-hydrogen) atoms. The minimum atomic E-state index is -0.0901. The summed E-state index contributed by atoms with van der Waals surface area (Å²) in [4.78, 5) is 23.5. The van der Waals surface area contributed by atoms with Crippen LogP contribution in [0.4, 0.5) is 0 Å². The molecule has 0 aliphatic rings. The van der Waals surface area contributed by atoms with Gasteiger partial charge in [0.25, 0.3) is 0 Å². The lowest BCUT2D eigenvalue weighted by molar-refractivity contribution is 0.0971. The predicted octanol–water partition coefficient (Wildman–Crippen LogP) is 2.23. The molecule has 4 nitrogen and oxygen atoms in total. The van der Waals surface area contributed by atoms with E-state index in [1.165, 1.54) is 4.57 Å². The Morgan fingerprint density at radius 1 is 1.39 bits per heavy atom. The van der Waals surface area contributed by atoms with Crippen molar-refractivity contribution in [2.75, 3.05) is 0 Å². The molecule has 0 saturated heterocycles. The molecule has 2 rings (SSSR count). The lowest BCUT2D eigenvalue weighted by atomic mass is 10.1. The first-order valence-electron chi connectivity index (χ1n) is 5.88. The lowest BCUT2D eigenvalue weighted by Crippen LogP contribution is -2.19. The van der Waals surface area contributed by atoms with Gasteiger partial charge in [-0.3, -0.25) is 14.2 Å². The fraction of sp³-hybridized carbons (Fsp3) is 0.385. The summed E-state index contributed by atoms with van der Waals surface area (Å²) < 4.78 is 3.55. The van der Waals surface area contributed by atoms with E-state index in [4.69, 9.17) is 0 Å². The van der Waals surface area contributed by atoms with Crippen molar-refractivity contribution in [1.29, 1.82) is 0 Å². The third kappa shape index (κ3) is 2.18. The molecule has 0 radical (unpaired) electrons. The van der Waals surface area contributed by atoms with Gasteiger partial charge in [-0.1, -0.05) is 11.3 Å². The summed E-state index contributed by atoms with van der Waals surface area (Å²) in [6.45, 7) is 6.96. The fourth-order valence-corrected chi connectivity index (χ4v) is 2.80. The molecule has 2 aromatic rings. The predicted molar refractivity (Wildman–Crippen MR) is 72.5 cm³/mol. The van der Waals surface area contributed by atoms with Crippen LogP contribution < -0.4 is 4.87 Å². The number of nitrogens with zero attached hydrogens (tertiary/aromatic N) is 2. The van der Waals surface area contributed by atoms with Crippen LogP contribution in [0.5, 0.6) is 0 Å². The summed E-state index contributed by atoms with van der Waals surface area (Å²) in [5.74, 6) is -0.0108. The third-order valence-corrected chi connectivity index (χ3v) is 3.84. The molecular weight excluding hydrogens is 248 g/mol. The summed E-state index contributed by atoms with van der Waals surface area (Å²) in [7, 11) is 0. The Morgan fingerprint density at radius 2 is 2.11 bits per heavy atom. The van der Waals surface area contributed by atoms with Crippen LogP contribution in [0.3, 0.4) is 0 Å². The van der Waals surface area contributed by atoms with E-state index >= 15 is 0 Å². The van der Waals surface area contributed by atoms with Crippen molar-refractivity contribution in [2.24, 2.45) is 0 Å². The Balaban J connectivity index is 2.30. The summed E-state index contributed by atoms with van der Waals surface area (Å²) in [6, 6.07) is 1.90. The SMILES string of the molecule is CCn1c(C)cc(C(=O)Cn2ccsc2=O)c1C. The van der Waals surface area contributed by atoms with Gasteiger partial charge in [-0.2, -0.15) is 0 Å². The largest absolute Gasteiger partial charge is 0.349 e.